The Hall–Kier alpha value is -2.74. The number of rotatable bonds is 2. The van der Waals surface area contributed by atoms with Crippen LogP contribution in [-0.2, 0) is 0 Å². The van der Waals surface area contributed by atoms with Gasteiger partial charge in [0.05, 0.1) is 17.4 Å². The van der Waals surface area contributed by atoms with Gasteiger partial charge in [-0.1, -0.05) is 18.2 Å². The number of nitrogens with zero attached hydrogens (tertiary/aromatic N) is 4. The van der Waals surface area contributed by atoms with E-state index in [2.05, 4.69) is 45.1 Å². The predicted octanol–water partition coefficient (Wildman–Crippen LogP) is 1.86. The van der Waals surface area contributed by atoms with Gasteiger partial charge in [-0.05, 0) is 18.2 Å². The second kappa shape index (κ2) is 5.71. The summed E-state index contributed by atoms with van der Waals surface area (Å²) in [6.07, 6.45) is 1.61. The molecular weight excluding hydrogens is 262 g/mol. The minimum absolute atomic E-state index is 0.526. The molecule has 2 N–H and O–H groups in total. The molecule has 5 nitrogen and oxygen atoms in total. The molecule has 2 heterocycles. The average Bonchev–Trinajstić information content (AvgIpc) is 2.56. The van der Waals surface area contributed by atoms with Crippen LogP contribution in [0.4, 0.5) is 17.2 Å². The van der Waals surface area contributed by atoms with Crippen molar-refractivity contribution in [3.8, 4) is 6.07 Å². The van der Waals surface area contributed by atoms with E-state index in [0.717, 1.165) is 32.0 Å². The van der Waals surface area contributed by atoms with Crippen LogP contribution in [0.3, 0.4) is 0 Å². The summed E-state index contributed by atoms with van der Waals surface area (Å²) in [7, 11) is 0. The fourth-order valence-electron chi connectivity index (χ4n) is 2.62. The lowest BCUT2D eigenvalue weighted by molar-refractivity contribution is 0.647. The van der Waals surface area contributed by atoms with Crippen LogP contribution >= 0.6 is 0 Å². The van der Waals surface area contributed by atoms with E-state index in [4.69, 9.17) is 5.73 Å². The van der Waals surface area contributed by atoms with Gasteiger partial charge in [-0.3, -0.25) is 0 Å². The summed E-state index contributed by atoms with van der Waals surface area (Å²) in [5.41, 5.74) is 8.00. The predicted molar refractivity (Wildman–Crippen MR) is 84.2 cm³/mol. The second-order valence-corrected chi connectivity index (χ2v) is 5.06. The maximum absolute atomic E-state index is 9.22. The van der Waals surface area contributed by atoms with Crippen LogP contribution in [0.1, 0.15) is 5.56 Å². The molecule has 1 aliphatic rings. The quantitative estimate of drug-likeness (QED) is 0.908. The van der Waals surface area contributed by atoms with E-state index in [-0.39, 0.29) is 0 Å². The molecule has 0 atom stereocenters. The van der Waals surface area contributed by atoms with Crippen molar-refractivity contribution >= 4 is 17.2 Å². The van der Waals surface area contributed by atoms with Gasteiger partial charge in [0.15, 0.2) is 0 Å². The molecule has 2 aromatic rings. The molecule has 0 spiro atoms. The number of hydrogen-bond donors (Lipinski definition) is 1. The van der Waals surface area contributed by atoms with E-state index < -0.39 is 0 Å². The van der Waals surface area contributed by atoms with Crippen LogP contribution in [-0.4, -0.2) is 31.2 Å². The zero-order valence-corrected chi connectivity index (χ0v) is 11.7. The molecular formula is C16H17N5. The Bertz CT molecular complexity index is 654. The summed E-state index contributed by atoms with van der Waals surface area (Å²) in [6, 6.07) is 14.2. The Balaban J connectivity index is 1.73. The van der Waals surface area contributed by atoms with Gasteiger partial charge in [-0.15, -0.1) is 0 Å². The van der Waals surface area contributed by atoms with Crippen LogP contribution < -0.4 is 15.5 Å². The lowest BCUT2D eigenvalue weighted by Gasteiger charge is -2.37. The van der Waals surface area contributed by atoms with E-state index >= 15 is 0 Å². The van der Waals surface area contributed by atoms with Crippen molar-refractivity contribution in [3.05, 3.63) is 48.2 Å². The molecule has 1 aliphatic heterocycles. The number of piperazine rings is 1. The Labute approximate surface area is 124 Å². The summed E-state index contributed by atoms with van der Waals surface area (Å²) < 4.78 is 0. The van der Waals surface area contributed by atoms with Crippen LogP contribution in [0.2, 0.25) is 0 Å². The van der Waals surface area contributed by atoms with Crippen LogP contribution in [0.5, 0.6) is 0 Å². The van der Waals surface area contributed by atoms with Crippen LogP contribution in [0.15, 0.2) is 42.6 Å². The van der Waals surface area contributed by atoms with Gasteiger partial charge in [0.1, 0.15) is 11.9 Å². The largest absolute Gasteiger partial charge is 0.397 e. The maximum Gasteiger partial charge on any atom is 0.146 e. The SMILES string of the molecule is N#Cc1cc(N)cnc1N1CCN(c2ccccc2)CC1. The second-order valence-electron chi connectivity index (χ2n) is 5.06. The number of nitrogens with two attached hydrogens (primary N) is 1. The summed E-state index contributed by atoms with van der Waals surface area (Å²) in [4.78, 5) is 8.83. The van der Waals surface area contributed by atoms with Crippen LogP contribution in [0.25, 0.3) is 0 Å². The van der Waals surface area contributed by atoms with E-state index in [1.807, 2.05) is 6.07 Å². The molecule has 1 fully saturated rings. The number of benzene rings is 1. The molecule has 0 aliphatic carbocycles. The summed E-state index contributed by atoms with van der Waals surface area (Å²) in [6.45, 7) is 3.53. The molecule has 0 radical (unpaired) electrons. The lowest BCUT2D eigenvalue weighted by atomic mass is 10.2. The normalized spacial score (nSPS) is 14.8. The fourth-order valence-corrected chi connectivity index (χ4v) is 2.62. The minimum Gasteiger partial charge on any atom is -0.397 e. The zero-order chi connectivity index (χ0) is 14.7. The number of anilines is 3. The average molecular weight is 279 g/mol. The maximum atomic E-state index is 9.22. The highest BCUT2D eigenvalue weighted by Gasteiger charge is 2.20. The standard InChI is InChI=1S/C16H17N5/c17-11-13-10-14(18)12-19-16(13)21-8-6-20(7-9-21)15-4-2-1-3-5-15/h1-5,10,12H,6-9,18H2. The van der Waals surface area contributed by atoms with E-state index in [9.17, 15) is 5.26 Å². The minimum atomic E-state index is 0.526. The topological polar surface area (TPSA) is 69.2 Å². The number of nitriles is 1. The molecule has 106 valence electrons. The molecule has 0 saturated carbocycles. The third-order valence-corrected chi connectivity index (χ3v) is 3.71. The monoisotopic (exact) mass is 279 g/mol. The van der Waals surface area contributed by atoms with Gasteiger partial charge in [-0.2, -0.15) is 5.26 Å². The lowest BCUT2D eigenvalue weighted by Crippen LogP contribution is -2.47. The van der Waals surface area contributed by atoms with Crippen molar-refractivity contribution in [2.24, 2.45) is 0 Å². The van der Waals surface area contributed by atoms with Crippen molar-refractivity contribution in [2.45, 2.75) is 0 Å². The highest BCUT2D eigenvalue weighted by Crippen LogP contribution is 2.22. The Morgan fingerprint density at radius 2 is 1.71 bits per heavy atom. The Morgan fingerprint density at radius 3 is 2.38 bits per heavy atom. The van der Waals surface area contributed by atoms with E-state index in [0.29, 0.717) is 11.3 Å². The molecule has 5 heteroatoms. The molecule has 1 saturated heterocycles. The third kappa shape index (κ3) is 2.75. The third-order valence-electron chi connectivity index (χ3n) is 3.71. The molecule has 0 unspecified atom stereocenters. The van der Waals surface area contributed by atoms with Gasteiger partial charge in [-0.25, -0.2) is 4.98 Å². The van der Waals surface area contributed by atoms with Gasteiger partial charge < -0.3 is 15.5 Å². The van der Waals surface area contributed by atoms with Crippen molar-refractivity contribution in [1.82, 2.24) is 4.98 Å². The number of hydrogen-bond acceptors (Lipinski definition) is 5. The molecule has 0 amide bonds. The van der Waals surface area contributed by atoms with Crippen LogP contribution in [0, 0.1) is 11.3 Å². The number of aromatic nitrogens is 1. The van der Waals surface area contributed by atoms with Gasteiger partial charge in [0.2, 0.25) is 0 Å². The number of para-hydroxylation sites is 1. The molecule has 3 rings (SSSR count). The highest BCUT2D eigenvalue weighted by atomic mass is 15.3. The fraction of sp³-hybridized carbons (Fsp3) is 0.250. The molecule has 1 aromatic heterocycles. The smallest absolute Gasteiger partial charge is 0.146 e. The first-order chi connectivity index (χ1) is 10.3. The summed E-state index contributed by atoms with van der Waals surface area (Å²) in [5.74, 6) is 0.736. The van der Waals surface area contributed by atoms with E-state index in [1.165, 1.54) is 5.69 Å². The van der Waals surface area contributed by atoms with Crippen molar-refractivity contribution in [3.63, 3.8) is 0 Å². The number of pyridine rings is 1. The summed E-state index contributed by atoms with van der Waals surface area (Å²) in [5, 5.41) is 9.22. The van der Waals surface area contributed by atoms with Gasteiger partial charge in [0, 0.05) is 31.9 Å². The first-order valence-corrected chi connectivity index (χ1v) is 6.98. The first kappa shape index (κ1) is 13.3. The Morgan fingerprint density at radius 1 is 1.05 bits per heavy atom. The van der Waals surface area contributed by atoms with Gasteiger partial charge >= 0.3 is 0 Å². The summed E-state index contributed by atoms with van der Waals surface area (Å²) >= 11 is 0. The van der Waals surface area contributed by atoms with Crippen molar-refractivity contribution in [1.29, 1.82) is 5.26 Å². The molecule has 1 aromatic carbocycles. The zero-order valence-electron chi connectivity index (χ0n) is 11.7. The number of nitrogen functional groups attached to an aromatic ring is 1. The van der Waals surface area contributed by atoms with E-state index in [1.54, 1.807) is 12.3 Å². The molecule has 0 bridgehead atoms. The van der Waals surface area contributed by atoms with Gasteiger partial charge in [0.25, 0.3) is 0 Å². The van der Waals surface area contributed by atoms with Crippen molar-refractivity contribution < 1.29 is 0 Å². The highest BCUT2D eigenvalue weighted by molar-refractivity contribution is 5.60. The molecule has 21 heavy (non-hydrogen) atoms. The van der Waals surface area contributed by atoms with Crippen molar-refractivity contribution in [2.75, 3.05) is 41.7 Å². The first-order valence-electron chi connectivity index (χ1n) is 6.98. The Kier molecular flexibility index (Phi) is 3.61.